The molecule has 2 aromatic rings. The van der Waals surface area contributed by atoms with Crippen LogP contribution >= 0.6 is 27.3 Å². The number of halogens is 2. The van der Waals surface area contributed by atoms with E-state index in [0.29, 0.717) is 4.47 Å². The van der Waals surface area contributed by atoms with Gasteiger partial charge in [0.05, 0.1) is 16.2 Å². The van der Waals surface area contributed by atoms with Gasteiger partial charge in [0, 0.05) is 4.88 Å². The monoisotopic (exact) mass is 328 g/mol. The van der Waals surface area contributed by atoms with E-state index in [1.54, 1.807) is 23.5 Å². The van der Waals surface area contributed by atoms with E-state index in [9.17, 15) is 4.39 Å². The van der Waals surface area contributed by atoms with Crippen LogP contribution in [0.4, 0.5) is 4.39 Å². The van der Waals surface area contributed by atoms with Gasteiger partial charge in [0.1, 0.15) is 10.8 Å². The van der Waals surface area contributed by atoms with Crippen LogP contribution in [0, 0.1) is 12.7 Å². The second-order valence-corrected chi connectivity index (χ2v) is 6.15. The number of hydrogen-bond acceptors (Lipinski definition) is 3. The summed E-state index contributed by atoms with van der Waals surface area (Å²) in [6.07, 6.45) is 0.905. The fourth-order valence-corrected chi connectivity index (χ4v) is 3.20. The lowest BCUT2D eigenvalue weighted by molar-refractivity contribution is 0.619. The summed E-state index contributed by atoms with van der Waals surface area (Å²) < 4.78 is 13.6. The number of hydrogen-bond donors (Lipinski definition) is 1. The summed E-state index contributed by atoms with van der Waals surface area (Å²) in [7, 11) is 0. The first-order chi connectivity index (χ1) is 8.52. The third-order valence-electron chi connectivity index (χ3n) is 2.81. The average molecular weight is 329 g/mol. The van der Waals surface area contributed by atoms with E-state index in [1.807, 2.05) is 6.92 Å². The van der Waals surface area contributed by atoms with Gasteiger partial charge in [-0.3, -0.25) is 0 Å². The van der Waals surface area contributed by atoms with E-state index in [0.717, 1.165) is 22.7 Å². The molecule has 0 fully saturated rings. The molecule has 2 nitrogen and oxygen atoms in total. The molecule has 0 aliphatic rings. The third-order valence-corrected chi connectivity index (χ3v) is 4.52. The van der Waals surface area contributed by atoms with Crippen molar-refractivity contribution in [3.8, 4) is 0 Å². The predicted octanol–water partition coefficient (Wildman–Crippen LogP) is 3.96. The molecule has 0 aliphatic heterocycles. The summed E-state index contributed by atoms with van der Waals surface area (Å²) in [4.78, 5) is 5.74. The Hall–Kier alpha value is -0.780. The van der Waals surface area contributed by atoms with Crippen LogP contribution in [0.2, 0.25) is 0 Å². The van der Waals surface area contributed by atoms with E-state index in [-0.39, 0.29) is 11.9 Å². The van der Waals surface area contributed by atoms with Gasteiger partial charge in [-0.15, -0.1) is 11.3 Å². The Bertz CT molecular complexity index is 568. The van der Waals surface area contributed by atoms with Crippen LogP contribution in [0.1, 0.15) is 34.1 Å². The molecule has 1 aromatic carbocycles. The Kier molecular flexibility index (Phi) is 4.14. The van der Waals surface area contributed by atoms with Crippen molar-refractivity contribution >= 4 is 27.3 Å². The highest BCUT2D eigenvalue weighted by molar-refractivity contribution is 9.10. The molecule has 0 amide bonds. The van der Waals surface area contributed by atoms with Crippen molar-refractivity contribution in [3.05, 3.63) is 49.6 Å². The van der Waals surface area contributed by atoms with Gasteiger partial charge in [-0.05, 0) is 47.0 Å². The minimum absolute atomic E-state index is 0.282. The van der Waals surface area contributed by atoms with E-state index >= 15 is 0 Å². The smallest absolute Gasteiger partial charge is 0.137 e. The number of nitrogens with two attached hydrogens (primary N) is 1. The first kappa shape index (κ1) is 13.6. The fourth-order valence-electron chi connectivity index (χ4n) is 1.76. The summed E-state index contributed by atoms with van der Waals surface area (Å²) in [6.45, 7) is 4.12. The lowest BCUT2D eigenvalue weighted by Gasteiger charge is -2.09. The molecular formula is C13H14BrFN2S. The zero-order valence-electron chi connectivity index (χ0n) is 10.2. The standard InChI is InChI=1S/C13H14BrFN2S/c1-3-11-7(2)18-13(17-11)12(16)8-4-5-10(15)9(14)6-8/h4-6,12H,3,16H2,1-2H3. The van der Waals surface area contributed by atoms with Crippen LogP contribution in [-0.4, -0.2) is 4.98 Å². The topological polar surface area (TPSA) is 38.9 Å². The SMILES string of the molecule is CCc1nc(C(N)c2ccc(F)c(Br)c2)sc1C. The molecule has 0 bridgehead atoms. The lowest BCUT2D eigenvalue weighted by Crippen LogP contribution is -2.11. The zero-order valence-corrected chi connectivity index (χ0v) is 12.6. The molecule has 0 spiro atoms. The highest BCUT2D eigenvalue weighted by Crippen LogP contribution is 2.28. The Morgan fingerprint density at radius 3 is 2.78 bits per heavy atom. The molecule has 18 heavy (non-hydrogen) atoms. The summed E-state index contributed by atoms with van der Waals surface area (Å²) in [5.74, 6) is -0.282. The largest absolute Gasteiger partial charge is 0.318 e. The Morgan fingerprint density at radius 2 is 2.22 bits per heavy atom. The molecule has 0 saturated carbocycles. The summed E-state index contributed by atoms with van der Waals surface area (Å²) in [5.41, 5.74) is 8.13. The minimum Gasteiger partial charge on any atom is -0.318 e. The van der Waals surface area contributed by atoms with Gasteiger partial charge in [0.15, 0.2) is 0 Å². The van der Waals surface area contributed by atoms with Crippen molar-refractivity contribution < 1.29 is 4.39 Å². The predicted molar refractivity (Wildman–Crippen MR) is 76.4 cm³/mol. The summed E-state index contributed by atoms with van der Waals surface area (Å²) in [5, 5.41) is 0.878. The van der Waals surface area contributed by atoms with Gasteiger partial charge in [-0.25, -0.2) is 9.37 Å². The molecule has 1 atom stereocenters. The Balaban J connectivity index is 2.34. The van der Waals surface area contributed by atoms with Crippen LogP contribution in [0.5, 0.6) is 0 Å². The fraction of sp³-hybridized carbons (Fsp3) is 0.308. The molecule has 0 saturated heterocycles. The number of aryl methyl sites for hydroxylation is 2. The minimum atomic E-state index is -0.300. The summed E-state index contributed by atoms with van der Waals surface area (Å²) in [6, 6.07) is 4.53. The van der Waals surface area contributed by atoms with E-state index in [1.165, 1.54) is 10.9 Å². The maximum Gasteiger partial charge on any atom is 0.137 e. The second kappa shape index (κ2) is 5.47. The number of thiazole rings is 1. The summed E-state index contributed by atoms with van der Waals surface area (Å²) >= 11 is 4.78. The van der Waals surface area contributed by atoms with Crippen molar-refractivity contribution in [2.45, 2.75) is 26.3 Å². The molecule has 0 aliphatic carbocycles. The van der Waals surface area contributed by atoms with Gasteiger partial charge in [-0.1, -0.05) is 13.0 Å². The van der Waals surface area contributed by atoms with Crippen molar-refractivity contribution in [1.82, 2.24) is 4.98 Å². The van der Waals surface area contributed by atoms with Crippen molar-refractivity contribution in [3.63, 3.8) is 0 Å². The van der Waals surface area contributed by atoms with Gasteiger partial charge < -0.3 is 5.73 Å². The van der Waals surface area contributed by atoms with Crippen LogP contribution < -0.4 is 5.73 Å². The molecule has 1 unspecified atom stereocenters. The van der Waals surface area contributed by atoms with Crippen LogP contribution in [-0.2, 0) is 6.42 Å². The van der Waals surface area contributed by atoms with Gasteiger partial charge >= 0.3 is 0 Å². The molecule has 2 rings (SSSR count). The van der Waals surface area contributed by atoms with Crippen LogP contribution in [0.25, 0.3) is 0 Å². The van der Waals surface area contributed by atoms with Gasteiger partial charge in [0.25, 0.3) is 0 Å². The number of rotatable bonds is 3. The number of nitrogens with zero attached hydrogens (tertiary/aromatic N) is 1. The first-order valence-corrected chi connectivity index (χ1v) is 7.30. The quantitative estimate of drug-likeness (QED) is 0.926. The Morgan fingerprint density at radius 1 is 1.50 bits per heavy atom. The highest BCUT2D eigenvalue weighted by atomic mass is 79.9. The third kappa shape index (κ3) is 2.63. The van der Waals surface area contributed by atoms with Crippen LogP contribution in [0.15, 0.2) is 22.7 Å². The van der Waals surface area contributed by atoms with Crippen LogP contribution in [0.3, 0.4) is 0 Å². The molecule has 1 heterocycles. The van der Waals surface area contributed by atoms with Gasteiger partial charge in [-0.2, -0.15) is 0 Å². The normalized spacial score (nSPS) is 12.7. The molecule has 96 valence electrons. The lowest BCUT2D eigenvalue weighted by atomic mass is 10.1. The second-order valence-electron chi connectivity index (χ2n) is 4.06. The van der Waals surface area contributed by atoms with Crippen molar-refractivity contribution in [1.29, 1.82) is 0 Å². The first-order valence-electron chi connectivity index (χ1n) is 5.69. The molecule has 0 radical (unpaired) electrons. The van der Waals surface area contributed by atoms with Crippen molar-refractivity contribution in [2.75, 3.05) is 0 Å². The maximum atomic E-state index is 13.2. The molecule has 2 N–H and O–H groups in total. The van der Waals surface area contributed by atoms with E-state index in [4.69, 9.17) is 5.73 Å². The average Bonchev–Trinajstić information content (AvgIpc) is 2.73. The van der Waals surface area contributed by atoms with E-state index < -0.39 is 0 Å². The highest BCUT2D eigenvalue weighted by Gasteiger charge is 2.16. The Labute approximate surface area is 118 Å². The number of benzene rings is 1. The molecule has 5 heteroatoms. The van der Waals surface area contributed by atoms with E-state index in [2.05, 4.69) is 27.8 Å². The number of aromatic nitrogens is 1. The zero-order chi connectivity index (χ0) is 13.3. The molecule has 1 aromatic heterocycles. The van der Waals surface area contributed by atoms with Crippen molar-refractivity contribution in [2.24, 2.45) is 5.73 Å². The molecular weight excluding hydrogens is 315 g/mol. The van der Waals surface area contributed by atoms with Gasteiger partial charge in [0.2, 0.25) is 0 Å². The maximum absolute atomic E-state index is 13.2.